The van der Waals surface area contributed by atoms with Crippen molar-refractivity contribution in [2.45, 2.75) is 44.6 Å². The second-order valence-electron chi connectivity index (χ2n) is 2.60. The van der Waals surface area contributed by atoms with Gasteiger partial charge < -0.3 is 4.55 Å². The molecule has 0 heterocycles. The summed E-state index contributed by atoms with van der Waals surface area (Å²) in [6.07, 6.45) is 1.02. The summed E-state index contributed by atoms with van der Waals surface area (Å²) >= 11 is -0.617. The Morgan fingerprint density at radius 1 is 1.33 bits per heavy atom. The summed E-state index contributed by atoms with van der Waals surface area (Å²) < 4.78 is 11.2. The van der Waals surface area contributed by atoms with Crippen LogP contribution in [0.2, 0.25) is 0 Å². The molecule has 0 fully saturated rings. The predicted octanol–water partition coefficient (Wildman–Crippen LogP) is 1.94. The molecule has 0 aromatic carbocycles. The zero-order chi connectivity index (χ0) is 7.44. The quantitative estimate of drug-likeness (QED) is 0.561. The summed E-state index contributed by atoms with van der Waals surface area (Å²) in [7, 11) is 0. The van der Waals surface area contributed by atoms with E-state index in [9.17, 15) is 4.55 Å². The average molecular weight is 148 g/mol. The van der Waals surface area contributed by atoms with Gasteiger partial charge in [0.2, 0.25) is 0 Å². The van der Waals surface area contributed by atoms with Crippen LogP contribution in [0.1, 0.15) is 34.1 Å². The SMILES string of the molecule is CCC(C)[S+]([O-])C(C)C. The molecule has 0 spiro atoms. The van der Waals surface area contributed by atoms with Crippen molar-refractivity contribution >= 4 is 11.2 Å². The lowest BCUT2D eigenvalue weighted by Gasteiger charge is -2.19. The van der Waals surface area contributed by atoms with E-state index in [0.29, 0.717) is 10.5 Å². The molecule has 0 amide bonds. The molecular weight excluding hydrogens is 132 g/mol. The van der Waals surface area contributed by atoms with Crippen molar-refractivity contribution in [3.8, 4) is 0 Å². The van der Waals surface area contributed by atoms with E-state index < -0.39 is 11.2 Å². The molecule has 2 heteroatoms. The molecule has 2 unspecified atom stereocenters. The second kappa shape index (κ2) is 4.18. The van der Waals surface area contributed by atoms with Crippen molar-refractivity contribution in [1.82, 2.24) is 0 Å². The summed E-state index contributed by atoms with van der Waals surface area (Å²) in [6, 6.07) is 0. The van der Waals surface area contributed by atoms with E-state index in [1.54, 1.807) is 0 Å². The Morgan fingerprint density at radius 2 is 1.78 bits per heavy atom. The molecule has 0 aromatic heterocycles. The van der Waals surface area contributed by atoms with Crippen molar-refractivity contribution in [2.75, 3.05) is 0 Å². The third kappa shape index (κ3) is 3.11. The van der Waals surface area contributed by atoms with Crippen LogP contribution < -0.4 is 0 Å². The van der Waals surface area contributed by atoms with Gasteiger partial charge in [-0.1, -0.05) is 6.92 Å². The Bertz CT molecular complexity index is 73.3. The van der Waals surface area contributed by atoms with E-state index >= 15 is 0 Å². The first-order valence-corrected chi connectivity index (χ1v) is 4.76. The predicted molar refractivity (Wildman–Crippen MR) is 43.0 cm³/mol. The lowest BCUT2D eigenvalue weighted by atomic mass is 10.4. The first-order chi connectivity index (χ1) is 4.09. The highest BCUT2D eigenvalue weighted by molar-refractivity contribution is 7.92. The highest BCUT2D eigenvalue weighted by Crippen LogP contribution is 2.10. The normalized spacial score (nSPS) is 18.0. The van der Waals surface area contributed by atoms with Gasteiger partial charge in [-0.3, -0.25) is 0 Å². The molecule has 9 heavy (non-hydrogen) atoms. The van der Waals surface area contributed by atoms with Crippen LogP contribution >= 0.6 is 0 Å². The molecule has 0 aliphatic rings. The minimum absolute atomic E-state index is 0.319. The highest BCUT2D eigenvalue weighted by Gasteiger charge is 2.17. The summed E-state index contributed by atoms with van der Waals surface area (Å²) in [6.45, 7) is 8.12. The van der Waals surface area contributed by atoms with Gasteiger partial charge in [-0.05, 0) is 38.4 Å². The molecule has 0 aliphatic heterocycles. The van der Waals surface area contributed by atoms with Crippen LogP contribution in [0.25, 0.3) is 0 Å². The van der Waals surface area contributed by atoms with E-state index in [1.807, 2.05) is 20.8 Å². The minimum Gasteiger partial charge on any atom is -0.616 e. The van der Waals surface area contributed by atoms with Crippen molar-refractivity contribution < 1.29 is 4.55 Å². The van der Waals surface area contributed by atoms with Gasteiger partial charge in [0.05, 0.1) is 0 Å². The van der Waals surface area contributed by atoms with Crippen LogP contribution in [0.3, 0.4) is 0 Å². The van der Waals surface area contributed by atoms with Crippen LogP contribution in [0.4, 0.5) is 0 Å². The Labute approximate surface area is 61.0 Å². The fourth-order valence-corrected chi connectivity index (χ4v) is 1.89. The Balaban J connectivity index is 3.58. The largest absolute Gasteiger partial charge is 0.616 e. The van der Waals surface area contributed by atoms with Gasteiger partial charge in [-0.2, -0.15) is 0 Å². The van der Waals surface area contributed by atoms with Crippen LogP contribution in [-0.2, 0) is 11.2 Å². The van der Waals surface area contributed by atoms with Crippen LogP contribution in [0.5, 0.6) is 0 Å². The van der Waals surface area contributed by atoms with Gasteiger partial charge >= 0.3 is 0 Å². The maximum Gasteiger partial charge on any atom is 0.112 e. The van der Waals surface area contributed by atoms with E-state index in [-0.39, 0.29) is 0 Å². The first-order valence-electron chi connectivity index (χ1n) is 3.49. The van der Waals surface area contributed by atoms with Crippen molar-refractivity contribution in [3.63, 3.8) is 0 Å². The second-order valence-corrected chi connectivity index (χ2v) is 5.00. The van der Waals surface area contributed by atoms with E-state index in [0.717, 1.165) is 6.42 Å². The van der Waals surface area contributed by atoms with Gasteiger partial charge in [0.15, 0.2) is 0 Å². The van der Waals surface area contributed by atoms with E-state index in [2.05, 4.69) is 6.92 Å². The summed E-state index contributed by atoms with van der Waals surface area (Å²) in [5.74, 6) is 0. The van der Waals surface area contributed by atoms with Gasteiger partial charge in [0.25, 0.3) is 0 Å². The lowest BCUT2D eigenvalue weighted by molar-refractivity contribution is 0.571. The van der Waals surface area contributed by atoms with Crippen LogP contribution in [0, 0.1) is 0 Å². The summed E-state index contributed by atoms with van der Waals surface area (Å²) in [4.78, 5) is 0. The molecule has 0 radical (unpaired) electrons. The Hall–Kier alpha value is 0.310. The Morgan fingerprint density at radius 3 is 1.89 bits per heavy atom. The van der Waals surface area contributed by atoms with Gasteiger partial charge in [-0.15, -0.1) is 0 Å². The molecule has 0 N–H and O–H groups in total. The van der Waals surface area contributed by atoms with Gasteiger partial charge in [-0.25, -0.2) is 0 Å². The maximum absolute atomic E-state index is 11.2. The van der Waals surface area contributed by atoms with E-state index in [4.69, 9.17) is 0 Å². The zero-order valence-corrected chi connectivity index (χ0v) is 7.49. The molecular formula is C7H16OS. The zero-order valence-electron chi connectivity index (χ0n) is 6.68. The average Bonchev–Trinajstić information content (AvgIpc) is 1.84. The maximum atomic E-state index is 11.2. The number of rotatable bonds is 3. The van der Waals surface area contributed by atoms with E-state index in [1.165, 1.54) is 0 Å². The van der Waals surface area contributed by atoms with Crippen molar-refractivity contribution in [2.24, 2.45) is 0 Å². The van der Waals surface area contributed by atoms with Crippen LogP contribution in [0.15, 0.2) is 0 Å². The molecule has 0 saturated carbocycles. The molecule has 1 nitrogen and oxygen atoms in total. The Kier molecular flexibility index (Phi) is 4.32. The molecule has 56 valence electrons. The van der Waals surface area contributed by atoms with Gasteiger partial charge in [0.1, 0.15) is 10.5 Å². The molecule has 0 aliphatic carbocycles. The first kappa shape index (κ1) is 9.31. The van der Waals surface area contributed by atoms with Crippen molar-refractivity contribution in [1.29, 1.82) is 0 Å². The number of hydrogen-bond acceptors (Lipinski definition) is 1. The van der Waals surface area contributed by atoms with Crippen molar-refractivity contribution in [3.05, 3.63) is 0 Å². The summed E-state index contributed by atoms with van der Waals surface area (Å²) in [5.41, 5.74) is 0. The molecule has 2 atom stereocenters. The third-order valence-corrected chi connectivity index (χ3v) is 3.49. The topological polar surface area (TPSA) is 23.1 Å². The highest BCUT2D eigenvalue weighted by atomic mass is 32.2. The summed E-state index contributed by atoms with van der Waals surface area (Å²) in [5, 5.41) is 0.685. The molecule has 0 aromatic rings. The number of hydrogen-bond donors (Lipinski definition) is 0. The fraction of sp³-hybridized carbons (Fsp3) is 1.00. The molecule has 0 rings (SSSR count). The lowest BCUT2D eigenvalue weighted by Crippen LogP contribution is -2.25. The molecule has 0 saturated heterocycles. The third-order valence-electron chi connectivity index (χ3n) is 1.44. The fourth-order valence-electron chi connectivity index (χ4n) is 0.629. The monoisotopic (exact) mass is 148 g/mol. The van der Waals surface area contributed by atoms with Gasteiger partial charge in [0, 0.05) is 0 Å². The molecule has 0 bridgehead atoms. The minimum atomic E-state index is -0.617. The smallest absolute Gasteiger partial charge is 0.112 e. The standard InChI is InChI=1S/C7H16OS/c1-5-7(4)9(8)6(2)3/h6-7H,5H2,1-4H3. The van der Waals surface area contributed by atoms with Crippen LogP contribution in [-0.4, -0.2) is 15.1 Å².